The summed E-state index contributed by atoms with van der Waals surface area (Å²) in [6.07, 6.45) is 1.11. The van der Waals surface area contributed by atoms with Crippen LogP contribution in [0.15, 0.2) is 58.3 Å². The Morgan fingerprint density at radius 1 is 1.17 bits per heavy atom. The van der Waals surface area contributed by atoms with Crippen LogP contribution in [0.5, 0.6) is 17.2 Å². The van der Waals surface area contributed by atoms with Crippen LogP contribution in [0.4, 0.5) is 5.69 Å². The number of para-hydroxylation sites is 2. The third-order valence-corrected chi connectivity index (χ3v) is 4.52. The second-order valence-electron chi connectivity index (χ2n) is 6.47. The Morgan fingerprint density at radius 2 is 1.97 bits per heavy atom. The van der Waals surface area contributed by atoms with E-state index in [4.69, 9.17) is 14.2 Å². The Kier molecular flexibility index (Phi) is 5.25. The number of aromatic nitrogens is 2. The van der Waals surface area contributed by atoms with E-state index in [0.717, 1.165) is 10.8 Å². The van der Waals surface area contributed by atoms with Gasteiger partial charge in [0.25, 0.3) is 11.5 Å². The number of benzene rings is 2. The zero-order valence-electron chi connectivity index (χ0n) is 16.1. The Bertz CT molecular complexity index is 1210. The number of nitrogens with one attached hydrogen (secondary N) is 2. The average Bonchev–Trinajstić information content (AvgIpc) is 3.20. The molecule has 2 aromatic carbocycles. The molecule has 4 rings (SSSR count). The number of anilines is 1. The van der Waals surface area contributed by atoms with Gasteiger partial charge in [-0.25, -0.2) is 4.79 Å². The summed E-state index contributed by atoms with van der Waals surface area (Å²) < 4.78 is 17.0. The molecule has 0 fully saturated rings. The van der Waals surface area contributed by atoms with Crippen molar-refractivity contribution in [3.63, 3.8) is 0 Å². The topological polar surface area (TPSA) is 112 Å². The number of carbonyl (C=O) groups excluding carboxylic acids is 1. The molecular formula is C21H19N3O6. The third kappa shape index (κ3) is 3.77. The Labute approximate surface area is 170 Å². The molecule has 9 heteroatoms. The number of ether oxygens (including phenoxy) is 3. The fraction of sp³-hybridized carbons (Fsp3) is 0.190. The van der Waals surface area contributed by atoms with Crippen molar-refractivity contribution in [3.05, 3.63) is 80.6 Å². The molecule has 0 atom stereocenters. The van der Waals surface area contributed by atoms with E-state index in [1.807, 2.05) is 6.92 Å². The number of carbonyl (C=O) groups is 1. The lowest BCUT2D eigenvalue weighted by Gasteiger charge is -2.12. The van der Waals surface area contributed by atoms with Crippen molar-refractivity contribution >= 4 is 11.6 Å². The smallest absolute Gasteiger partial charge is 0.328 e. The van der Waals surface area contributed by atoms with Crippen molar-refractivity contribution in [1.82, 2.24) is 9.55 Å². The van der Waals surface area contributed by atoms with Gasteiger partial charge < -0.3 is 24.5 Å². The lowest BCUT2D eigenvalue weighted by molar-refractivity contribution is 0.102. The highest BCUT2D eigenvalue weighted by molar-refractivity contribution is 6.04. The number of aromatic amines is 1. The summed E-state index contributed by atoms with van der Waals surface area (Å²) >= 11 is 0. The highest BCUT2D eigenvalue weighted by atomic mass is 16.7. The molecule has 3 aromatic rings. The third-order valence-electron chi connectivity index (χ3n) is 4.52. The first kappa shape index (κ1) is 19.3. The van der Waals surface area contributed by atoms with Gasteiger partial charge in [0.15, 0.2) is 11.5 Å². The van der Waals surface area contributed by atoms with Gasteiger partial charge in [0.2, 0.25) is 6.79 Å². The van der Waals surface area contributed by atoms with Crippen LogP contribution in [0, 0.1) is 0 Å². The van der Waals surface area contributed by atoms with Crippen LogP contribution in [0.25, 0.3) is 0 Å². The molecule has 0 radical (unpaired) electrons. The molecule has 0 spiro atoms. The van der Waals surface area contributed by atoms with Crippen LogP contribution >= 0.6 is 0 Å². The van der Waals surface area contributed by atoms with Crippen molar-refractivity contribution in [3.8, 4) is 17.2 Å². The Balaban J connectivity index is 1.62. The maximum atomic E-state index is 12.9. The number of hydrogen-bond acceptors (Lipinski definition) is 6. The van der Waals surface area contributed by atoms with Gasteiger partial charge in [0.1, 0.15) is 11.3 Å². The second kappa shape index (κ2) is 8.16. The van der Waals surface area contributed by atoms with Gasteiger partial charge in [-0.3, -0.25) is 14.2 Å². The molecule has 0 aliphatic carbocycles. The Morgan fingerprint density at radius 3 is 2.80 bits per heavy atom. The van der Waals surface area contributed by atoms with Crippen LogP contribution in [-0.4, -0.2) is 28.9 Å². The minimum atomic E-state index is -0.706. The summed E-state index contributed by atoms with van der Waals surface area (Å²) in [5.74, 6) is 0.973. The quantitative estimate of drug-likeness (QED) is 0.644. The minimum absolute atomic E-state index is 0.0263. The minimum Gasteiger partial charge on any atom is -0.492 e. The predicted molar refractivity (Wildman–Crippen MR) is 109 cm³/mol. The lowest BCUT2D eigenvalue weighted by atomic mass is 10.2. The van der Waals surface area contributed by atoms with E-state index in [9.17, 15) is 14.4 Å². The average molecular weight is 409 g/mol. The van der Waals surface area contributed by atoms with E-state index < -0.39 is 17.2 Å². The van der Waals surface area contributed by atoms with E-state index in [2.05, 4.69) is 10.3 Å². The lowest BCUT2D eigenvalue weighted by Crippen LogP contribution is -2.39. The molecule has 2 heterocycles. The molecule has 154 valence electrons. The molecule has 30 heavy (non-hydrogen) atoms. The molecule has 0 saturated heterocycles. The summed E-state index contributed by atoms with van der Waals surface area (Å²) in [5.41, 5.74) is -0.434. The second-order valence-corrected chi connectivity index (χ2v) is 6.47. The van der Waals surface area contributed by atoms with Gasteiger partial charge >= 0.3 is 5.69 Å². The maximum Gasteiger partial charge on any atom is 0.328 e. The highest BCUT2D eigenvalue weighted by Crippen LogP contribution is 2.32. The van der Waals surface area contributed by atoms with Gasteiger partial charge in [-0.2, -0.15) is 0 Å². The zero-order chi connectivity index (χ0) is 21.1. The first-order chi connectivity index (χ1) is 14.6. The molecule has 1 aliphatic rings. The van der Waals surface area contributed by atoms with E-state index in [1.165, 1.54) is 0 Å². The largest absolute Gasteiger partial charge is 0.492 e. The summed E-state index contributed by atoms with van der Waals surface area (Å²) in [5, 5.41) is 2.66. The fourth-order valence-corrected chi connectivity index (χ4v) is 3.08. The van der Waals surface area contributed by atoms with E-state index >= 15 is 0 Å². The number of H-pyrrole nitrogens is 1. The number of amides is 1. The zero-order valence-corrected chi connectivity index (χ0v) is 16.1. The van der Waals surface area contributed by atoms with Gasteiger partial charge in [0.05, 0.1) is 18.8 Å². The van der Waals surface area contributed by atoms with Crippen molar-refractivity contribution in [2.75, 3.05) is 18.7 Å². The van der Waals surface area contributed by atoms with Gasteiger partial charge in [0, 0.05) is 6.20 Å². The van der Waals surface area contributed by atoms with E-state index in [0.29, 0.717) is 35.1 Å². The first-order valence-electron chi connectivity index (χ1n) is 9.31. The van der Waals surface area contributed by atoms with E-state index in [-0.39, 0.29) is 18.9 Å². The van der Waals surface area contributed by atoms with Gasteiger partial charge in [-0.05, 0) is 36.8 Å². The number of nitrogens with zero attached hydrogens (tertiary/aromatic N) is 1. The summed E-state index contributed by atoms with van der Waals surface area (Å²) in [4.78, 5) is 40.3. The standard InChI is InChI=1S/C21H19N3O6/c1-2-28-16-6-4-3-5-15(16)23-19(25)14-10-22-21(27)24(20(14)26)11-13-7-8-17-18(9-13)30-12-29-17/h3-10H,2,11-12H2,1H3,(H,22,27)(H,23,25). The molecule has 0 bridgehead atoms. The van der Waals surface area contributed by atoms with E-state index in [1.54, 1.807) is 42.5 Å². The van der Waals surface area contributed by atoms with Crippen molar-refractivity contribution in [2.45, 2.75) is 13.5 Å². The molecule has 0 unspecified atom stereocenters. The van der Waals surface area contributed by atoms with Gasteiger partial charge in [-0.15, -0.1) is 0 Å². The monoisotopic (exact) mass is 409 g/mol. The van der Waals surface area contributed by atoms with Crippen molar-refractivity contribution in [2.24, 2.45) is 0 Å². The SMILES string of the molecule is CCOc1ccccc1NC(=O)c1c[nH]c(=O)n(Cc2ccc3c(c2)OCO3)c1=O. The summed E-state index contributed by atoms with van der Waals surface area (Å²) in [7, 11) is 0. The Hall–Kier alpha value is -4.01. The van der Waals surface area contributed by atoms with Crippen LogP contribution in [0.2, 0.25) is 0 Å². The molecular weight excluding hydrogens is 390 g/mol. The first-order valence-corrected chi connectivity index (χ1v) is 9.31. The summed E-state index contributed by atoms with van der Waals surface area (Å²) in [6, 6.07) is 12.0. The van der Waals surface area contributed by atoms with Crippen molar-refractivity contribution in [1.29, 1.82) is 0 Å². The maximum absolute atomic E-state index is 12.9. The molecule has 2 N–H and O–H groups in total. The van der Waals surface area contributed by atoms with Crippen molar-refractivity contribution < 1.29 is 19.0 Å². The van der Waals surface area contributed by atoms with Crippen LogP contribution in [0.3, 0.4) is 0 Å². The predicted octanol–water partition coefficient (Wildman–Crippen LogP) is 1.96. The normalized spacial score (nSPS) is 11.9. The van der Waals surface area contributed by atoms with Gasteiger partial charge in [-0.1, -0.05) is 18.2 Å². The molecule has 0 saturated carbocycles. The van der Waals surface area contributed by atoms with Crippen LogP contribution < -0.4 is 30.8 Å². The molecule has 1 aliphatic heterocycles. The molecule has 1 amide bonds. The molecule has 9 nitrogen and oxygen atoms in total. The number of hydrogen-bond donors (Lipinski definition) is 2. The number of fused-ring (bicyclic) bond motifs is 1. The van der Waals surface area contributed by atoms with Crippen LogP contribution in [0.1, 0.15) is 22.8 Å². The fourth-order valence-electron chi connectivity index (χ4n) is 3.08. The summed E-state index contributed by atoms with van der Waals surface area (Å²) in [6.45, 7) is 2.35. The molecule has 1 aromatic heterocycles. The highest BCUT2D eigenvalue weighted by Gasteiger charge is 2.18. The van der Waals surface area contributed by atoms with Crippen LogP contribution in [-0.2, 0) is 6.54 Å². The number of rotatable bonds is 6.